The second-order valence-electron chi connectivity index (χ2n) is 4.95. The van der Waals surface area contributed by atoms with Gasteiger partial charge in [0.15, 0.2) is 0 Å². The van der Waals surface area contributed by atoms with Crippen molar-refractivity contribution in [1.82, 2.24) is 19.9 Å². The lowest BCUT2D eigenvalue weighted by Gasteiger charge is -2.12. The summed E-state index contributed by atoms with van der Waals surface area (Å²) in [5.74, 6) is 0. The van der Waals surface area contributed by atoms with Crippen molar-refractivity contribution < 1.29 is 0 Å². The molecule has 3 heterocycles. The minimum absolute atomic E-state index is 0.508. The number of nitrogens with zero attached hydrogens (tertiary/aromatic N) is 3. The van der Waals surface area contributed by atoms with Gasteiger partial charge in [0.25, 0.3) is 0 Å². The van der Waals surface area contributed by atoms with Crippen LogP contribution in [0.5, 0.6) is 0 Å². The highest BCUT2D eigenvalue weighted by molar-refractivity contribution is 14.1. The molecule has 1 aromatic carbocycles. The fourth-order valence-electron chi connectivity index (χ4n) is 2.84. The molecule has 4 rings (SSSR count). The molecule has 1 N–H and O–H groups in total. The van der Waals surface area contributed by atoms with Crippen molar-refractivity contribution >= 4 is 44.5 Å². The Kier molecular flexibility index (Phi) is 2.70. The molecule has 1 saturated heterocycles. The smallest absolute Gasteiger partial charge is 0.107 e. The minimum Gasteiger partial charge on any atom is -0.326 e. The van der Waals surface area contributed by atoms with Crippen LogP contribution in [0.2, 0.25) is 0 Å². The Morgan fingerprint density at radius 2 is 2.21 bits per heavy atom. The Morgan fingerprint density at radius 3 is 3.05 bits per heavy atom. The maximum absolute atomic E-state index is 4.51. The summed E-state index contributed by atoms with van der Waals surface area (Å²) >= 11 is 2.35. The third-order valence-electron chi connectivity index (χ3n) is 3.79. The summed E-state index contributed by atoms with van der Waals surface area (Å²) in [6.07, 6.45) is 5.01. The van der Waals surface area contributed by atoms with Crippen LogP contribution in [0.15, 0.2) is 30.7 Å². The first-order valence-corrected chi connectivity index (χ1v) is 7.52. The van der Waals surface area contributed by atoms with E-state index < -0.39 is 0 Å². The predicted octanol–water partition coefficient (Wildman–Crippen LogP) is 2.72. The fourth-order valence-corrected chi connectivity index (χ4v) is 3.33. The number of imidazole rings is 1. The number of rotatable bonds is 1. The van der Waals surface area contributed by atoms with Gasteiger partial charge in [-0.15, -0.1) is 0 Å². The summed E-state index contributed by atoms with van der Waals surface area (Å²) in [6.45, 7) is 2.12. The van der Waals surface area contributed by atoms with Gasteiger partial charge in [0.1, 0.15) is 5.52 Å². The number of hydrogen-bond donors (Lipinski definition) is 1. The van der Waals surface area contributed by atoms with Crippen molar-refractivity contribution in [3.8, 4) is 0 Å². The Balaban J connectivity index is 2.06. The zero-order valence-corrected chi connectivity index (χ0v) is 12.5. The number of hydrogen-bond acceptors (Lipinski definition) is 3. The van der Waals surface area contributed by atoms with Crippen LogP contribution >= 0.6 is 22.6 Å². The van der Waals surface area contributed by atoms with E-state index in [1.54, 1.807) is 0 Å². The van der Waals surface area contributed by atoms with Crippen LogP contribution in [0.3, 0.4) is 0 Å². The molecule has 3 aromatic rings. The second-order valence-corrected chi connectivity index (χ2v) is 6.20. The Bertz CT molecular complexity index is 759. The lowest BCUT2D eigenvalue weighted by atomic mass is 10.1. The highest BCUT2D eigenvalue weighted by Gasteiger charge is 2.19. The van der Waals surface area contributed by atoms with Gasteiger partial charge >= 0.3 is 0 Å². The van der Waals surface area contributed by atoms with Gasteiger partial charge in [0.2, 0.25) is 0 Å². The molecule has 1 fully saturated rings. The number of halogens is 1. The quantitative estimate of drug-likeness (QED) is 0.676. The first kappa shape index (κ1) is 11.6. The zero-order chi connectivity index (χ0) is 12.8. The SMILES string of the molecule is Ic1ccc2ncc3ncn([C@@H]4CCNC4)c3c2c1. The van der Waals surface area contributed by atoms with E-state index in [1.807, 2.05) is 12.5 Å². The first-order valence-electron chi connectivity index (χ1n) is 6.44. The van der Waals surface area contributed by atoms with Gasteiger partial charge in [0.05, 0.1) is 23.6 Å². The maximum atomic E-state index is 4.51. The standard InChI is InChI=1S/C14H13IN4/c15-9-1-2-12-11(5-9)14-13(7-17-12)18-8-19(14)10-3-4-16-6-10/h1-2,5,7-8,10,16H,3-4,6H2/t10-/m1/s1. The van der Waals surface area contributed by atoms with Crippen LogP contribution in [-0.4, -0.2) is 27.6 Å². The van der Waals surface area contributed by atoms with Crippen LogP contribution in [0, 0.1) is 3.57 Å². The second kappa shape index (κ2) is 4.42. The Hall–Kier alpha value is -1.21. The van der Waals surface area contributed by atoms with E-state index in [0.29, 0.717) is 6.04 Å². The highest BCUT2D eigenvalue weighted by atomic mass is 127. The van der Waals surface area contributed by atoms with Crippen molar-refractivity contribution in [1.29, 1.82) is 0 Å². The van der Waals surface area contributed by atoms with Crippen molar-refractivity contribution in [3.63, 3.8) is 0 Å². The molecule has 0 unspecified atom stereocenters. The van der Waals surface area contributed by atoms with E-state index in [2.05, 4.69) is 60.6 Å². The largest absolute Gasteiger partial charge is 0.326 e. The Labute approximate surface area is 124 Å². The molecule has 4 nitrogen and oxygen atoms in total. The zero-order valence-electron chi connectivity index (χ0n) is 10.3. The predicted molar refractivity (Wildman–Crippen MR) is 84.3 cm³/mol. The number of fused-ring (bicyclic) bond motifs is 3. The third-order valence-corrected chi connectivity index (χ3v) is 4.46. The normalized spacial score (nSPS) is 19.5. The van der Waals surface area contributed by atoms with Gasteiger partial charge in [-0.25, -0.2) is 4.98 Å². The van der Waals surface area contributed by atoms with Gasteiger partial charge in [0, 0.05) is 21.5 Å². The molecule has 1 atom stereocenters. The molecule has 0 amide bonds. The first-order chi connectivity index (χ1) is 9.33. The molecule has 5 heteroatoms. The van der Waals surface area contributed by atoms with Gasteiger partial charge < -0.3 is 9.88 Å². The van der Waals surface area contributed by atoms with Gasteiger partial charge in [-0.3, -0.25) is 4.98 Å². The average molecular weight is 364 g/mol. The third kappa shape index (κ3) is 1.83. The number of nitrogens with one attached hydrogen (secondary N) is 1. The summed E-state index contributed by atoms with van der Waals surface area (Å²) < 4.78 is 3.55. The summed E-state index contributed by atoms with van der Waals surface area (Å²) in [5.41, 5.74) is 3.25. The van der Waals surface area contributed by atoms with E-state index in [9.17, 15) is 0 Å². The number of benzene rings is 1. The molecule has 0 bridgehead atoms. The number of pyridine rings is 1. The summed E-state index contributed by atoms with van der Waals surface area (Å²) in [7, 11) is 0. The van der Waals surface area contributed by atoms with Crippen LogP contribution < -0.4 is 5.32 Å². The van der Waals surface area contributed by atoms with E-state index in [0.717, 1.165) is 24.1 Å². The summed E-state index contributed by atoms with van der Waals surface area (Å²) in [6, 6.07) is 6.89. The average Bonchev–Trinajstić information content (AvgIpc) is 3.07. The van der Waals surface area contributed by atoms with E-state index in [1.165, 1.54) is 20.9 Å². The fraction of sp³-hybridized carbons (Fsp3) is 0.286. The topological polar surface area (TPSA) is 42.7 Å². The number of aromatic nitrogens is 3. The molecule has 0 saturated carbocycles. The van der Waals surface area contributed by atoms with Crippen molar-refractivity contribution in [2.75, 3.05) is 13.1 Å². The molecule has 1 aliphatic rings. The van der Waals surface area contributed by atoms with Crippen molar-refractivity contribution in [2.24, 2.45) is 0 Å². The van der Waals surface area contributed by atoms with Gasteiger partial charge in [-0.2, -0.15) is 0 Å². The molecule has 0 aliphatic carbocycles. The van der Waals surface area contributed by atoms with Crippen molar-refractivity contribution in [3.05, 3.63) is 34.3 Å². The summed E-state index contributed by atoms with van der Waals surface area (Å²) in [5, 5.41) is 4.62. The van der Waals surface area contributed by atoms with E-state index in [4.69, 9.17) is 0 Å². The molecule has 19 heavy (non-hydrogen) atoms. The van der Waals surface area contributed by atoms with Gasteiger partial charge in [-0.1, -0.05) is 0 Å². The lowest BCUT2D eigenvalue weighted by molar-refractivity contribution is 0.562. The molecule has 0 spiro atoms. The molecule has 0 radical (unpaired) electrons. The van der Waals surface area contributed by atoms with Crippen molar-refractivity contribution in [2.45, 2.75) is 12.5 Å². The maximum Gasteiger partial charge on any atom is 0.107 e. The van der Waals surface area contributed by atoms with E-state index >= 15 is 0 Å². The monoisotopic (exact) mass is 364 g/mol. The molecular weight excluding hydrogens is 351 g/mol. The molecule has 2 aromatic heterocycles. The molecule has 96 valence electrons. The van der Waals surface area contributed by atoms with Crippen LogP contribution in [0.25, 0.3) is 21.9 Å². The summed E-state index contributed by atoms with van der Waals surface area (Å²) in [4.78, 5) is 9.01. The highest BCUT2D eigenvalue weighted by Crippen LogP contribution is 2.28. The van der Waals surface area contributed by atoms with Crippen LogP contribution in [0.4, 0.5) is 0 Å². The Morgan fingerprint density at radius 1 is 1.26 bits per heavy atom. The molecule has 1 aliphatic heterocycles. The van der Waals surface area contributed by atoms with Crippen LogP contribution in [-0.2, 0) is 0 Å². The van der Waals surface area contributed by atoms with Crippen LogP contribution in [0.1, 0.15) is 12.5 Å². The van der Waals surface area contributed by atoms with Gasteiger partial charge in [-0.05, 0) is 53.8 Å². The minimum atomic E-state index is 0.508. The lowest BCUT2D eigenvalue weighted by Crippen LogP contribution is -2.12. The molecular formula is C14H13IN4. The van der Waals surface area contributed by atoms with E-state index in [-0.39, 0.29) is 0 Å².